The van der Waals surface area contributed by atoms with Crippen LogP contribution in [-0.4, -0.2) is 64.4 Å². The fraction of sp³-hybridized carbons (Fsp3) is 0.476. The lowest BCUT2D eigenvalue weighted by Gasteiger charge is -2.39. The Balaban J connectivity index is 1.74. The Kier molecular flexibility index (Phi) is 6.77. The maximum Gasteiger partial charge on any atom is 0.236 e. The molecule has 2 aliphatic heterocycles. The van der Waals surface area contributed by atoms with Gasteiger partial charge < -0.3 is 19.3 Å². The van der Waals surface area contributed by atoms with Crippen LogP contribution in [0.15, 0.2) is 41.8 Å². The molecule has 0 spiro atoms. The number of morpholine rings is 2. The molecule has 0 saturated carbocycles. The van der Waals surface area contributed by atoms with Crippen molar-refractivity contribution >= 4 is 28.7 Å². The Morgan fingerprint density at radius 2 is 1.54 bits per heavy atom. The van der Waals surface area contributed by atoms with Crippen molar-refractivity contribution in [2.24, 2.45) is 0 Å². The van der Waals surface area contributed by atoms with E-state index in [9.17, 15) is 4.79 Å². The van der Waals surface area contributed by atoms with Gasteiger partial charge in [0.2, 0.25) is 11.8 Å². The summed E-state index contributed by atoms with van der Waals surface area (Å²) in [4.78, 5) is 17.3. The molecule has 0 amide bonds. The highest BCUT2D eigenvalue weighted by Gasteiger charge is 2.46. The van der Waals surface area contributed by atoms with Crippen molar-refractivity contribution in [2.75, 3.05) is 52.6 Å². The number of nitrogens with one attached hydrogen (secondary N) is 2. The van der Waals surface area contributed by atoms with Crippen LogP contribution in [0.3, 0.4) is 0 Å². The molecule has 7 heteroatoms. The minimum atomic E-state index is -0.142. The van der Waals surface area contributed by atoms with Crippen molar-refractivity contribution in [1.82, 2.24) is 0 Å². The van der Waals surface area contributed by atoms with Crippen molar-refractivity contribution in [1.29, 1.82) is 0 Å². The van der Waals surface area contributed by atoms with Crippen molar-refractivity contribution in [3.8, 4) is 0 Å². The minimum Gasteiger partial charge on any atom is -0.370 e. The minimum absolute atomic E-state index is 0.0730. The smallest absolute Gasteiger partial charge is 0.236 e. The summed E-state index contributed by atoms with van der Waals surface area (Å²) in [5.41, 5.74) is 1.18. The summed E-state index contributed by atoms with van der Waals surface area (Å²) in [6.45, 7) is 6.40. The quantitative estimate of drug-likeness (QED) is 0.667. The highest BCUT2D eigenvalue weighted by Crippen LogP contribution is 2.21. The van der Waals surface area contributed by atoms with Gasteiger partial charge >= 0.3 is 0 Å². The van der Waals surface area contributed by atoms with E-state index in [0.29, 0.717) is 13.2 Å². The molecule has 150 valence electrons. The lowest BCUT2D eigenvalue weighted by Crippen LogP contribution is -3.25. The summed E-state index contributed by atoms with van der Waals surface area (Å²) in [6, 6.07) is 11.9. The summed E-state index contributed by atoms with van der Waals surface area (Å²) < 4.78 is 11.2. The molecule has 2 N–H and O–H groups in total. The third-order valence-electron chi connectivity index (χ3n) is 5.76. The molecular formula is C21H27ClN2O3S+2. The number of hydrogen-bond donors (Lipinski definition) is 2. The average molecular weight is 423 g/mol. The van der Waals surface area contributed by atoms with Crippen molar-refractivity contribution in [3.63, 3.8) is 0 Å². The second kappa shape index (κ2) is 9.48. The van der Waals surface area contributed by atoms with Gasteiger partial charge in [-0.05, 0) is 23.6 Å². The van der Waals surface area contributed by atoms with Gasteiger partial charge in [0.05, 0.1) is 31.3 Å². The molecule has 0 radical (unpaired) electrons. The maximum atomic E-state index is 13.7. The Hall–Kier alpha value is -1.28. The van der Waals surface area contributed by atoms with Crippen molar-refractivity contribution in [2.45, 2.75) is 12.1 Å². The van der Waals surface area contributed by atoms with Crippen LogP contribution in [0, 0.1) is 0 Å². The van der Waals surface area contributed by atoms with E-state index in [2.05, 4.69) is 12.1 Å². The topological polar surface area (TPSA) is 44.4 Å². The van der Waals surface area contributed by atoms with Gasteiger partial charge in [0, 0.05) is 10.6 Å². The van der Waals surface area contributed by atoms with Gasteiger partial charge in [0.25, 0.3) is 0 Å². The summed E-state index contributed by atoms with van der Waals surface area (Å²) in [5, 5.41) is 2.71. The first-order chi connectivity index (χ1) is 13.7. The molecule has 28 heavy (non-hydrogen) atoms. The fourth-order valence-electron chi connectivity index (χ4n) is 4.37. The number of quaternary nitrogens is 2. The Morgan fingerprint density at radius 3 is 2.11 bits per heavy atom. The first-order valence-corrected chi connectivity index (χ1v) is 11.2. The zero-order valence-corrected chi connectivity index (χ0v) is 17.4. The number of Topliss-reactive ketones (excluding diaryl/α,β-unsaturated/α-hetero) is 1. The lowest BCUT2D eigenvalue weighted by atomic mass is 9.91. The Labute approximate surface area is 174 Å². The SMILES string of the molecule is O=C(c1cccs1)[C@@H]([C@@H](c1ccc(Cl)cc1)[NH+]1CCOCC1)[NH+]1CCOCC1. The van der Waals surface area contributed by atoms with Crippen LogP contribution in [0.5, 0.6) is 0 Å². The monoisotopic (exact) mass is 422 g/mol. The van der Waals surface area contributed by atoms with E-state index in [4.69, 9.17) is 21.1 Å². The number of hydrogen-bond acceptors (Lipinski definition) is 4. The molecule has 2 atom stereocenters. The predicted molar refractivity (Wildman–Crippen MR) is 110 cm³/mol. The normalized spacial score (nSPS) is 21.3. The lowest BCUT2D eigenvalue weighted by molar-refractivity contribution is -0.999. The highest BCUT2D eigenvalue weighted by molar-refractivity contribution is 7.12. The number of carbonyl (C=O) groups is 1. The van der Waals surface area contributed by atoms with Crippen LogP contribution in [-0.2, 0) is 9.47 Å². The number of carbonyl (C=O) groups excluding carboxylic acids is 1. The molecule has 0 unspecified atom stereocenters. The van der Waals surface area contributed by atoms with E-state index in [-0.39, 0.29) is 17.9 Å². The number of benzene rings is 1. The number of rotatable bonds is 6. The van der Waals surface area contributed by atoms with Crippen LogP contribution in [0.1, 0.15) is 21.3 Å². The number of ether oxygens (including phenoxy) is 2. The van der Waals surface area contributed by atoms with Gasteiger partial charge in [-0.25, -0.2) is 0 Å². The first-order valence-electron chi connectivity index (χ1n) is 9.92. The molecule has 2 saturated heterocycles. The van der Waals surface area contributed by atoms with E-state index in [0.717, 1.165) is 49.3 Å². The fourth-order valence-corrected chi connectivity index (χ4v) is 5.20. The molecule has 3 heterocycles. The van der Waals surface area contributed by atoms with E-state index < -0.39 is 0 Å². The van der Waals surface area contributed by atoms with Crippen molar-refractivity contribution in [3.05, 3.63) is 57.2 Å². The standard InChI is InChI=1S/C21H25ClN2O3S/c22-17-5-3-16(4-6-17)19(23-7-11-26-12-8-23)20(24-9-13-27-14-10-24)21(25)18-2-1-15-28-18/h1-6,15,19-20H,7-14H2/p+2/t19-,20-/m1/s1. The van der Waals surface area contributed by atoms with E-state index in [1.165, 1.54) is 26.7 Å². The van der Waals surface area contributed by atoms with Gasteiger partial charge in [-0.1, -0.05) is 29.8 Å². The third kappa shape index (κ3) is 4.48. The molecule has 2 fully saturated rings. The number of thiophene rings is 1. The zero-order chi connectivity index (χ0) is 19.3. The van der Waals surface area contributed by atoms with Gasteiger partial charge in [0.1, 0.15) is 26.2 Å². The maximum absolute atomic E-state index is 13.7. The molecule has 1 aromatic carbocycles. The molecular weight excluding hydrogens is 396 g/mol. The van der Waals surface area contributed by atoms with E-state index in [1.54, 1.807) is 0 Å². The van der Waals surface area contributed by atoms with Crippen LogP contribution in [0.4, 0.5) is 0 Å². The third-order valence-corrected chi connectivity index (χ3v) is 6.90. The first kappa shape index (κ1) is 20.0. The Morgan fingerprint density at radius 1 is 0.929 bits per heavy atom. The van der Waals surface area contributed by atoms with Gasteiger partial charge in [-0.15, -0.1) is 11.3 Å². The second-order valence-corrected chi connectivity index (χ2v) is 8.77. The molecule has 0 bridgehead atoms. The van der Waals surface area contributed by atoms with Crippen LogP contribution in [0.25, 0.3) is 0 Å². The van der Waals surface area contributed by atoms with Crippen molar-refractivity contribution < 1.29 is 24.1 Å². The summed E-state index contributed by atoms with van der Waals surface area (Å²) in [7, 11) is 0. The molecule has 5 nitrogen and oxygen atoms in total. The molecule has 0 aliphatic carbocycles. The largest absolute Gasteiger partial charge is 0.370 e. The number of halogens is 1. The molecule has 1 aromatic heterocycles. The summed E-state index contributed by atoms with van der Waals surface area (Å²) >= 11 is 7.70. The molecule has 4 rings (SSSR count). The average Bonchev–Trinajstić information content (AvgIpc) is 3.29. The van der Waals surface area contributed by atoms with E-state index >= 15 is 0 Å². The Bertz CT molecular complexity index is 756. The van der Waals surface area contributed by atoms with E-state index in [1.807, 2.05) is 29.6 Å². The van der Waals surface area contributed by atoms with Crippen LogP contribution < -0.4 is 9.80 Å². The van der Waals surface area contributed by atoms with Gasteiger partial charge in [0.15, 0.2) is 6.04 Å². The van der Waals surface area contributed by atoms with Crippen LogP contribution in [0.2, 0.25) is 5.02 Å². The zero-order valence-electron chi connectivity index (χ0n) is 15.9. The molecule has 2 aliphatic rings. The van der Waals surface area contributed by atoms with Gasteiger partial charge in [-0.2, -0.15) is 0 Å². The predicted octanol–water partition coefficient (Wildman–Crippen LogP) is 0.524. The molecule has 2 aromatic rings. The summed E-state index contributed by atoms with van der Waals surface area (Å²) in [6.07, 6.45) is 0. The summed E-state index contributed by atoms with van der Waals surface area (Å²) in [5.74, 6) is 0.242. The number of ketones is 1. The van der Waals surface area contributed by atoms with Crippen LogP contribution >= 0.6 is 22.9 Å². The second-order valence-electron chi connectivity index (χ2n) is 7.39. The highest BCUT2D eigenvalue weighted by atomic mass is 35.5. The van der Waals surface area contributed by atoms with Gasteiger partial charge in [-0.3, -0.25) is 4.79 Å².